The van der Waals surface area contributed by atoms with Gasteiger partial charge >= 0.3 is 0 Å². The minimum Gasteiger partial charge on any atom is -0.292 e. The molecule has 2 fully saturated rings. The summed E-state index contributed by atoms with van der Waals surface area (Å²) in [4.78, 5) is 10.9. The van der Waals surface area contributed by atoms with E-state index in [-0.39, 0.29) is 44.3 Å². The Morgan fingerprint density at radius 1 is 0.323 bits per heavy atom. The first-order chi connectivity index (χ1) is 13.3. The monoisotopic (exact) mass is 436 g/mol. The number of rotatable bonds is 0. The number of hydrogen-bond donors (Lipinski definition) is 0. The van der Waals surface area contributed by atoms with Crippen LogP contribution >= 0.6 is 0 Å². The Kier molecular flexibility index (Phi) is 5.86. The molecule has 0 aromatic carbocycles. The molecule has 2 unspecified atom stereocenters. The van der Waals surface area contributed by atoms with E-state index in [0.29, 0.717) is 0 Å². The normalized spacial score (nSPS) is 37.7. The number of hydrogen-bond acceptors (Lipinski definition) is 4. The van der Waals surface area contributed by atoms with Crippen molar-refractivity contribution in [3.8, 4) is 0 Å². The van der Waals surface area contributed by atoms with E-state index in [1.54, 1.807) is 0 Å². The van der Waals surface area contributed by atoms with E-state index in [0.717, 1.165) is 6.67 Å². The minimum atomic E-state index is -0.0600. The molecule has 0 aliphatic carbocycles. The molecule has 0 amide bonds. The van der Waals surface area contributed by atoms with Gasteiger partial charge in [-0.15, -0.1) is 0 Å². The summed E-state index contributed by atoms with van der Waals surface area (Å²) in [5, 5.41) is 0. The van der Waals surface area contributed by atoms with Gasteiger partial charge in [0, 0.05) is 44.3 Å². The first-order valence-electron chi connectivity index (χ1n) is 12.3. The van der Waals surface area contributed by atoms with Crippen molar-refractivity contribution < 1.29 is 0 Å². The van der Waals surface area contributed by atoms with Crippen LogP contribution in [0.5, 0.6) is 0 Å². The average Bonchev–Trinajstić information content (AvgIpc) is 2.77. The number of likely N-dealkylation sites (N-methyl/N-ethyl adjacent to an activating group) is 2. The summed E-state index contributed by atoms with van der Waals surface area (Å²) >= 11 is 0. The van der Waals surface area contributed by atoms with Crippen molar-refractivity contribution in [2.24, 2.45) is 0 Å². The molecule has 2 aliphatic heterocycles. The van der Waals surface area contributed by atoms with Crippen molar-refractivity contribution >= 4 is 0 Å². The quantitative estimate of drug-likeness (QED) is 0.485. The molecule has 2 saturated heterocycles. The van der Waals surface area contributed by atoms with Crippen LogP contribution < -0.4 is 0 Å². The molecular formula is C27H56N4. The largest absolute Gasteiger partial charge is 0.292 e. The molecule has 2 rings (SSSR count). The van der Waals surface area contributed by atoms with Gasteiger partial charge < -0.3 is 0 Å². The van der Waals surface area contributed by atoms with Gasteiger partial charge in [0.25, 0.3) is 0 Å². The first kappa shape index (κ1) is 27.1. The second-order valence-electron chi connectivity index (χ2n) is 14.6. The van der Waals surface area contributed by atoms with E-state index in [4.69, 9.17) is 0 Å². The molecule has 0 spiro atoms. The summed E-state index contributed by atoms with van der Waals surface area (Å²) in [6.07, 6.45) is 0. The maximum absolute atomic E-state index is 2.79. The van der Waals surface area contributed by atoms with Crippen molar-refractivity contribution in [1.82, 2.24) is 19.6 Å². The van der Waals surface area contributed by atoms with Gasteiger partial charge in [0.15, 0.2) is 0 Å². The predicted octanol–water partition coefficient (Wildman–Crippen LogP) is 5.67. The Labute approximate surface area is 195 Å². The highest BCUT2D eigenvalue weighted by molar-refractivity contribution is 5.23. The molecule has 2 bridgehead atoms. The summed E-state index contributed by atoms with van der Waals surface area (Å²) in [7, 11) is 4.69. The Morgan fingerprint density at radius 2 is 0.484 bits per heavy atom. The van der Waals surface area contributed by atoms with Crippen molar-refractivity contribution in [3.05, 3.63) is 0 Å². The molecule has 4 nitrogen and oxygen atoms in total. The van der Waals surface area contributed by atoms with Crippen molar-refractivity contribution in [2.75, 3.05) is 20.8 Å². The molecule has 0 saturated carbocycles. The maximum Gasteiger partial charge on any atom is 0.0529 e. The molecule has 2 atom stereocenters. The molecule has 184 valence electrons. The van der Waals surface area contributed by atoms with Crippen LogP contribution in [-0.4, -0.2) is 84.7 Å². The minimum absolute atomic E-state index is 0.0133. The lowest BCUT2D eigenvalue weighted by atomic mass is 9.67. The van der Waals surface area contributed by atoms with Crippen LogP contribution in [0, 0.1) is 0 Å². The van der Waals surface area contributed by atoms with Crippen molar-refractivity contribution in [2.45, 2.75) is 155 Å². The molecule has 2 heterocycles. The third kappa shape index (κ3) is 3.00. The summed E-state index contributed by atoms with van der Waals surface area (Å²) in [6, 6.07) is 0. The third-order valence-electron chi connectivity index (χ3n) is 12.3. The summed E-state index contributed by atoms with van der Waals surface area (Å²) in [6.45, 7) is 40.2. The highest BCUT2D eigenvalue weighted by Gasteiger charge is 2.67. The zero-order valence-corrected chi connectivity index (χ0v) is 24.5. The van der Waals surface area contributed by atoms with E-state index in [1.165, 1.54) is 0 Å². The highest BCUT2D eigenvalue weighted by atomic mass is 15.5. The second-order valence-corrected chi connectivity index (χ2v) is 14.6. The van der Waals surface area contributed by atoms with Crippen LogP contribution in [-0.2, 0) is 0 Å². The van der Waals surface area contributed by atoms with Crippen LogP contribution in [0.4, 0.5) is 0 Å². The fourth-order valence-corrected chi connectivity index (χ4v) is 6.61. The van der Waals surface area contributed by atoms with Gasteiger partial charge in [0.05, 0.1) is 6.67 Å². The SMILES string of the molecule is CN1C(C)(C)C(C)(C)N(C)C(C)(C)C(C)(C)N2CN(C(C)(C)C1(C)C)C(C)(C)C2(C)C. The Bertz CT molecular complexity index is 649. The number of fused-ring (bicyclic) bond motifs is 2. The standard InChI is InChI=1S/C27H56N4/c1-20(2)21(3,4)29(18)23(7,8)25(11,12)31-19-30(26(13,14)27(31,15)16)24(9,10)22(5,6)28(20)17/h19H2,1-18H3. The molecule has 0 radical (unpaired) electrons. The van der Waals surface area contributed by atoms with Gasteiger partial charge in [-0.25, -0.2) is 0 Å². The number of nitrogens with zero attached hydrogens (tertiary/aromatic N) is 4. The molecular weight excluding hydrogens is 380 g/mol. The lowest BCUT2D eigenvalue weighted by Crippen LogP contribution is -2.78. The van der Waals surface area contributed by atoms with Gasteiger partial charge in [-0.2, -0.15) is 0 Å². The van der Waals surface area contributed by atoms with Gasteiger partial charge in [-0.1, -0.05) is 0 Å². The fourth-order valence-electron chi connectivity index (χ4n) is 6.61. The Hall–Kier alpha value is -0.160. The third-order valence-corrected chi connectivity index (χ3v) is 12.3. The highest BCUT2D eigenvalue weighted by Crippen LogP contribution is 2.55. The predicted molar refractivity (Wildman–Crippen MR) is 137 cm³/mol. The van der Waals surface area contributed by atoms with Crippen LogP contribution in [0.3, 0.4) is 0 Å². The summed E-state index contributed by atoms with van der Waals surface area (Å²) < 4.78 is 0. The molecule has 31 heavy (non-hydrogen) atoms. The Morgan fingerprint density at radius 3 is 0.710 bits per heavy atom. The van der Waals surface area contributed by atoms with Crippen LogP contribution in [0.2, 0.25) is 0 Å². The van der Waals surface area contributed by atoms with Crippen LogP contribution in [0.15, 0.2) is 0 Å². The van der Waals surface area contributed by atoms with Gasteiger partial charge in [0.2, 0.25) is 0 Å². The van der Waals surface area contributed by atoms with Crippen LogP contribution in [0.1, 0.15) is 111 Å². The Balaban J connectivity index is 2.97. The zero-order chi connectivity index (χ0) is 25.0. The van der Waals surface area contributed by atoms with E-state index in [1.807, 2.05) is 0 Å². The second kappa shape index (κ2) is 6.71. The van der Waals surface area contributed by atoms with Gasteiger partial charge in [0.1, 0.15) is 0 Å². The van der Waals surface area contributed by atoms with Gasteiger partial charge in [-0.05, 0) is 125 Å². The lowest BCUT2D eigenvalue weighted by Gasteiger charge is -2.66. The lowest BCUT2D eigenvalue weighted by molar-refractivity contribution is -0.150. The summed E-state index contributed by atoms with van der Waals surface area (Å²) in [5.41, 5.74) is -0.307. The van der Waals surface area contributed by atoms with E-state index in [9.17, 15) is 0 Å². The molecule has 2 aliphatic rings. The average molecular weight is 437 g/mol. The van der Waals surface area contributed by atoms with E-state index >= 15 is 0 Å². The molecule has 4 heteroatoms. The summed E-state index contributed by atoms with van der Waals surface area (Å²) in [5.74, 6) is 0. The van der Waals surface area contributed by atoms with Crippen molar-refractivity contribution in [3.63, 3.8) is 0 Å². The molecule has 0 aromatic heterocycles. The van der Waals surface area contributed by atoms with Gasteiger partial charge in [-0.3, -0.25) is 19.6 Å². The molecule has 0 aromatic rings. The smallest absolute Gasteiger partial charge is 0.0529 e. The van der Waals surface area contributed by atoms with E-state index in [2.05, 4.69) is 144 Å². The van der Waals surface area contributed by atoms with Crippen LogP contribution in [0.25, 0.3) is 0 Å². The maximum atomic E-state index is 2.79. The van der Waals surface area contributed by atoms with E-state index < -0.39 is 0 Å². The molecule has 0 N–H and O–H groups in total. The fraction of sp³-hybridized carbons (Fsp3) is 1.00. The van der Waals surface area contributed by atoms with Crippen molar-refractivity contribution in [1.29, 1.82) is 0 Å². The topological polar surface area (TPSA) is 13.0 Å². The first-order valence-corrected chi connectivity index (χ1v) is 12.3. The zero-order valence-electron chi connectivity index (χ0n) is 24.5.